The molecule has 0 aliphatic carbocycles. The van der Waals surface area contributed by atoms with Gasteiger partial charge in [0.25, 0.3) is 0 Å². The van der Waals surface area contributed by atoms with Crippen LogP contribution in [0.25, 0.3) is 0 Å². The molecule has 0 radical (unpaired) electrons. The van der Waals surface area contributed by atoms with Gasteiger partial charge < -0.3 is 10.1 Å². The Kier molecular flexibility index (Phi) is 4.57. The number of nitrogens with one attached hydrogen (secondary N) is 1. The van der Waals surface area contributed by atoms with Gasteiger partial charge >= 0.3 is 0 Å². The molecule has 0 aromatic carbocycles. The molecule has 2 heterocycles. The fourth-order valence-corrected chi connectivity index (χ4v) is 2.57. The van der Waals surface area contributed by atoms with Crippen LogP contribution in [0.5, 0.6) is 0 Å². The molecule has 17 heavy (non-hydrogen) atoms. The number of hydrogen-bond donors (Lipinski definition) is 1. The lowest BCUT2D eigenvalue weighted by molar-refractivity contribution is 0.167. The van der Waals surface area contributed by atoms with E-state index < -0.39 is 0 Å². The Hall–Kier alpha value is -0.870. The molecule has 0 fully saturated rings. The zero-order valence-corrected chi connectivity index (χ0v) is 11.3. The van der Waals surface area contributed by atoms with Crippen LogP contribution in [-0.2, 0) is 4.74 Å². The normalized spacial score (nSPS) is 17.4. The Morgan fingerprint density at radius 1 is 1.59 bits per heavy atom. The van der Waals surface area contributed by atoms with Crippen molar-refractivity contribution in [2.45, 2.75) is 39.2 Å². The average molecular weight is 252 g/mol. The maximum absolute atomic E-state index is 5.76. The van der Waals surface area contributed by atoms with Crippen molar-refractivity contribution in [3.63, 3.8) is 0 Å². The summed E-state index contributed by atoms with van der Waals surface area (Å²) < 4.78 is 5.76. The summed E-state index contributed by atoms with van der Waals surface area (Å²) in [5.41, 5.74) is 1.09. The summed E-state index contributed by atoms with van der Waals surface area (Å²) >= 11 is 1.70. The van der Waals surface area contributed by atoms with Crippen molar-refractivity contribution in [1.29, 1.82) is 0 Å². The molecule has 1 unspecified atom stereocenters. The molecule has 3 nitrogen and oxygen atoms in total. The first-order valence-electron chi connectivity index (χ1n) is 6.29. The number of nitrogens with zero attached hydrogens (tertiary/aromatic N) is 1. The van der Waals surface area contributed by atoms with E-state index in [1.54, 1.807) is 11.3 Å². The predicted molar refractivity (Wildman–Crippen MR) is 71.2 cm³/mol. The van der Waals surface area contributed by atoms with Gasteiger partial charge in [-0.1, -0.05) is 6.92 Å². The molecule has 1 atom stereocenters. The van der Waals surface area contributed by atoms with Crippen molar-refractivity contribution >= 4 is 11.3 Å². The Morgan fingerprint density at radius 3 is 3.06 bits per heavy atom. The number of aromatic nitrogens is 1. The van der Waals surface area contributed by atoms with Crippen LogP contribution < -0.4 is 5.32 Å². The largest absolute Gasteiger partial charge is 0.496 e. The lowest BCUT2D eigenvalue weighted by atomic mass is 10.1. The molecule has 0 saturated carbocycles. The fourth-order valence-electron chi connectivity index (χ4n) is 1.93. The van der Waals surface area contributed by atoms with Gasteiger partial charge in [-0.3, -0.25) is 0 Å². The molecular weight excluding hydrogens is 232 g/mol. The van der Waals surface area contributed by atoms with Crippen LogP contribution in [0, 0.1) is 6.92 Å². The number of allylic oxidation sites excluding steroid dienone is 1. The van der Waals surface area contributed by atoms with Crippen LogP contribution in [0.4, 0.5) is 0 Å². The lowest BCUT2D eigenvalue weighted by Gasteiger charge is -2.23. The van der Waals surface area contributed by atoms with Gasteiger partial charge in [-0.15, -0.1) is 11.3 Å². The summed E-state index contributed by atoms with van der Waals surface area (Å²) in [4.78, 5) is 4.57. The van der Waals surface area contributed by atoms with Crippen LogP contribution >= 0.6 is 11.3 Å². The van der Waals surface area contributed by atoms with Crippen molar-refractivity contribution < 1.29 is 4.74 Å². The standard InChI is InChI=1S/C13H20N2OS/c1-3-7-14-13(11-9-17-10(2)15-11)12-6-4-5-8-16-12/h6,9,13-14H,3-5,7-8H2,1-2H3. The van der Waals surface area contributed by atoms with Gasteiger partial charge in [0, 0.05) is 5.38 Å². The fraction of sp³-hybridized carbons (Fsp3) is 0.615. The third-order valence-corrected chi connectivity index (χ3v) is 3.57. The molecule has 94 valence electrons. The molecule has 1 aromatic rings. The van der Waals surface area contributed by atoms with Crippen molar-refractivity contribution in [2.24, 2.45) is 0 Å². The number of rotatable bonds is 5. The Bertz CT molecular complexity index is 387. The summed E-state index contributed by atoms with van der Waals surface area (Å²) in [6, 6.07) is 0.139. The lowest BCUT2D eigenvalue weighted by Crippen LogP contribution is -2.26. The predicted octanol–water partition coefficient (Wildman–Crippen LogP) is 3.19. The summed E-state index contributed by atoms with van der Waals surface area (Å²) in [6.45, 7) is 6.04. The van der Waals surface area contributed by atoms with Gasteiger partial charge in [0.2, 0.25) is 0 Å². The summed E-state index contributed by atoms with van der Waals surface area (Å²) in [6.07, 6.45) is 5.56. The monoisotopic (exact) mass is 252 g/mol. The van der Waals surface area contributed by atoms with Crippen molar-refractivity contribution in [3.8, 4) is 0 Å². The quantitative estimate of drug-likeness (QED) is 0.874. The van der Waals surface area contributed by atoms with Crippen molar-refractivity contribution in [2.75, 3.05) is 13.2 Å². The zero-order chi connectivity index (χ0) is 12.1. The van der Waals surface area contributed by atoms with E-state index in [1.807, 2.05) is 6.92 Å². The molecule has 1 aliphatic rings. The Labute approximate surface area is 107 Å². The van der Waals surface area contributed by atoms with Gasteiger partial charge in [0.15, 0.2) is 0 Å². The first-order valence-corrected chi connectivity index (χ1v) is 7.17. The minimum Gasteiger partial charge on any atom is -0.496 e. The molecule has 1 aromatic heterocycles. The molecule has 1 aliphatic heterocycles. The van der Waals surface area contributed by atoms with Crippen LogP contribution in [0.2, 0.25) is 0 Å². The zero-order valence-electron chi connectivity index (χ0n) is 10.5. The average Bonchev–Trinajstić information content (AvgIpc) is 2.78. The Morgan fingerprint density at radius 2 is 2.47 bits per heavy atom. The van der Waals surface area contributed by atoms with E-state index in [1.165, 1.54) is 0 Å². The van der Waals surface area contributed by atoms with E-state index in [-0.39, 0.29) is 6.04 Å². The van der Waals surface area contributed by atoms with Crippen molar-refractivity contribution in [3.05, 3.63) is 27.9 Å². The number of hydrogen-bond acceptors (Lipinski definition) is 4. The summed E-state index contributed by atoms with van der Waals surface area (Å²) in [5, 5.41) is 6.76. The van der Waals surface area contributed by atoms with E-state index in [4.69, 9.17) is 4.74 Å². The topological polar surface area (TPSA) is 34.1 Å². The van der Waals surface area contributed by atoms with Crippen LogP contribution in [0.3, 0.4) is 0 Å². The number of thiazole rings is 1. The second kappa shape index (κ2) is 6.17. The second-order valence-electron chi connectivity index (χ2n) is 4.28. The SMILES string of the molecule is CCCNC(C1=CCCCO1)c1csc(C)n1. The molecular formula is C13H20N2OS. The molecule has 0 spiro atoms. The summed E-state index contributed by atoms with van der Waals surface area (Å²) in [7, 11) is 0. The summed E-state index contributed by atoms with van der Waals surface area (Å²) in [5.74, 6) is 1.05. The van der Waals surface area contributed by atoms with Crippen LogP contribution in [-0.4, -0.2) is 18.1 Å². The first kappa shape index (κ1) is 12.6. The smallest absolute Gasteiger partial charge is 0.115 e. The van der Waals surface area contributed by atoms with Crippen molar-refractivity contribution in [1.82, 2.24) is 10.3 Å². The van der Waals surface area contributed by atoms with Gasteiger partial charge in [-0.05, 0) is 38.8 Å². The third kappa shape index (κ3) is 3.30. The van der Waals surface area contributed by atoms with Crippen LogP contribution in [0.15, 0.2) is 17.2 Å². The first-order chi connectivity index (χ1) is 8.31. The van der Waals surface area contributed by atoms with E-state index >= 15 is 0 Å². The van der Waals surface area contributed by atoms with E-state index in [0.29, 0.717) is 0 Å². The molecule has 2 rings (SSSR count). The van der Waals surface area contributed by atoms with Gasteiger partial charge in [0.05, 0.1) is 17.3 Å². The molecule has 0 amide bonds. The maximum atomic E-state index is 5.76. The maximum Gasteiger partial charge on any atom is 0.115 e. The minimum atomic E-state index is 0.139. The third-order valence-electron chi connectivity index (χ3n) is 2.78. The molecule has 0 bridgehead atoms. The second-order valence-corrected chi connectivity index (χ2v) is 5.34. The molecule has 0 saturated heterocycles. The van der Waals surface area contributed by atoms with Gasteiger partial charge in [0.1, 0.15) is 11.8 Å². The highest BCUT2D eigenvalue weighted by molar-refractivity contribution is 7.09. The molecule has 1 N–H and O–H groups in total. The Balaban J connectivity index is 2.15. The van der Waals surface area contributed by atoms with E-state index in [0.717, 1.165) is 48.9 Å². The highest BCUT2D eigenvalue weighted by Crippen LogP contribution is 2.26. The van der Waals surface area contributed by atoms with E-state index in [9.17, 15) is 0 Å². The highest BCUT2D eigenvalue weighted by Gasteiger charge is 2.21. The van der Waals surface area contributed by atoms with Crippen LogP contribution in [0.1, 0.15) is 42.9 Å². The number of ether oxygens (including phenoxy) is 1. The molecule has 4 heteroatoms. The number of aryl methyl sites for hydroxylation is 1. The van der Waals surface area contributed by atoms with Gasteiger partial charge in [-0.25, -0.2) is 4.98 Å². The van der Waals surface area contributed by atoms with Gasteiger partial charge in [-0.2, -0.15) is 0 Å². The van der Waals surface area contributed by atoms with E-state index in [2.05, 4.69) is 28.7 Å². The minimum absolute atomic E-state index is 0.139. The highest BCUT2D eigenvalue weighted by atomic mass is 32.1.